The second-order valence-electron chi connectivity index (χ2n) is 5.02. The van der Waals surface area contributed by atoms with E-state index in [-0.39, 0.29) is 0 Å². The second-order valence-corrected chi connectivity index (χ2v) is 5.02. The number of nitrogens with one attached hydrogen (secondary N) is 1. The molecule has 0 unspecified atom stereocenters. The molecule has 0 radical (unpaired) electrons. The predicted octanol–water partition coefficient (Wildman–Crippen LogP) is 3.00. The number of pyridine rings is 2. The van der Waals surface area contributed by atoms with Gasteiger partial charge in [0, 0.05) is 42.9 Å². The fourth-order valence-electron chi connectivity index (χ4n) is 2.32. The highest BCUT2D eigenvalue weighted by molar-refractivity contribution is 5.52. The second kappa shape index (κ2) is 8.37. The summed E-state index contributed by atoms with van der Waals surface area (Å²) in [7, 11) is 0. The van der Waals surface area contributed by atoms with Crippen molar-refractivity contribution < 1.29 is 0 Å². The van der Waals surface area contributed by atoms with E-state index < -0.39 is 0 Å². The molecule has 21 heavy (non-hydrogen) atoms. The van der Waals surface area contributed by atoms with Crippen LogP contribution in [0.1, 0.15) is 31.5 Å². The van der Waals surface area contributed by atoms with E-state index in [1.807, 2.05) is 30.7 Å². The van der Waals surface area contributed by atoms with Gasteiger partial charge in [0.05, 0.1) is 12.2 Å². The van der Waals surface area contributed by atoms with Gasteiger partial charge in [0.25, 0.3) is 0 Å². The van der Waals surface area contributed by atoms with Gasteiger partial charge < -0.3 is 10.2 Å². The van der Waals surface area contributed by atoms with Gasteiger partial charge in [-0.3, -0.25) is 9.97 Å². The lowest BCUT2D eigenvalue weighted by Crippen LogP contribution is -2.25. The van der Waals surface area contributed by atoms with Gasteiger partial charge in [-0.25, -0.2) is 0 Å². The van der Waals surface area contributed by atoms with E-state index in [4.69, 9.17) is 0 Å². The molecule has 4 heteroatoms. The van der Waals surface area contributed by atoms with Crippen LogP contribution in [0.4, 0.5) is 5.69 Å². The Bertz CT molecular complexity index is 527. The van der Waals surface area contributed by atoms with Crippen LogP contribution in [0.3, 0.4) is 0 Å². The third-order valence-electron chi connectivity index (χ3n) is 3.42. The molecule has 2 rings (SSSR count). The van der Waals surface area contributed by atoms with Crippen LogP contribution < -0.4 is 10.2 Å². The van der Waals surface area contributed by atoms with Gasteiger partial charge in [-0.1, -0.05) is 13.0 Å². The molecule has 0 spiro atoms. The number of aromatic nitrogens is 2. The number of rotatable bonds is 8. The van der Waals surface area contributed by atoms with E-state index in [1.54, 1.807) is 0 Å². The van der Waals surface area contributed by atoms with Crippen LogP contribution in [-0.2, 0) is 13.1 Å². The Morgan fingerprint density at radius 2 is 2.05 bits per heavy atom. The Hall–Kier alpha value is -1.94. The van der Waals surface area contributed by atoms with Crippen LogP contribution in [0.2, 0.25) is 0 Å². The van der Waals surface area contributed by atoms with Crippen LogP contribution in [0.5, 0.6) is 0 Å². The lowest BCUT2D eigenvalue weighted by molar-refractivity contribution is 0.670. The average molecular weight is 284 g/mol. The largest absolute Gasteiger partial charge is 0.366 e. The molecule has 0 saturated carbocycles. The number of hydrogen-bond donors (Lipinski definition) is 1. The van der Waals surface area contributed by atoms with Crippen LogP contribution in [0.15, 0.2) is 42.9 Å². The zero-order chi connectivity index (χ0) is 14.9. The zero-order valence-corrected chi connectivity index (χ0v) is 12.9. The van der Waals surface area contributed by atoms with Gasteiger partial charge in [-0.05, 0) is 38.1 Å². The monoisotopic (exact) mass is 284 g/mol. The molecule has 0 aliphatic heterocycles. The molecule has 0 fully saturated rings. The summed E-state index contributed by atoms with van der Waals surface area (Å²) in [6.07, 6.45) is 6.80. The van der Waals surface area contributed by atoms with Crippen molar-refractivity contribution in [3.05, 3.63) is 54.1 Å². The maximum absolute atomic E-state index is 4.42. The van der Waals surface area contributed by atoms with Crippen molar-refractivity contribution in [2.75, 3.05) is 18.0 Å². The first kappa shape index (κ1) is 15.4. The first-order chi connectivity index (χ1) is 10.3. The SMILES string of the molecule is CCCNCc1cnccc1N(CC)Cc1ccccn1. The summed E-state index contributed by atoms with van der Waals surface area (Å²) >= 11 is 0. The Labute approximate surface area is 127 Å². The van der Waals surface area contributed by atoms with E-state index >= 15 is 0 Å². The molecular formula is C17H24N4. The highest BCUT2D eigenvalue weighted by Gasteiger charge is 2.10. The highest BCUT2D eigenvalue weighted by Crippen LogP contribution is 2.20. The smallest absolute Gasteiger partial charge is 0.0602 e. The molecule has 0 aromatic carbocycles. The minimum atomic E-state index is 0.822. The standard InChI is InChI=1S/C17H24N4/c1-3-9-18-12-15-13-19-11-8-17(15)21(4-2)14-16-7-5-6-10-20-16/h5-8,10-11,13,18H,3-4,9,12,14H2,1-2H3. The van der Waals surface area contributed by atoms with Crippen molar-refractivity contribution in [1.82, 2.24) is 15.3 Å². The van der Waals surface area contributed by atoms with Gasteiger partial charge in [0.2, 0.25) is 0 Å². The molecule has 2 heterocycles. The topological polar surface area (TPSA) is 41.1 Å². The predicted molar refractivity (Wildman–Crippen MR) is 87.2 cm³/mol. The normalized spacial score (nSPS) is 10.6. The molecular weight excluding hydrogens is 260 g/mol. The third-order valence-corrected chi connectivity index (χ3v) is 3.42. The minimum absolute atomic E-state index is 0.822. The third kappa shape index (κ3) is 4.53. The summed E-state index contributed by atoms with van der Waals surface area (Å²) in [5, 5.41) is 3.45. The van der Waals surface area contributed by atoms with E-state index in [9.17, 15) is 0 Å². The van der Waals surface area contributed by atoms with Crippen molar-refractivity contribution in [1.29, 1.82) is 0 Å². The van der Waals surface area contributed by atoms with Gasteiger partial charge in [-0.15, -0.1) is 0 Å². The number of anilines is 1. The summed E-state index contributed by atoms with van der Waals surface area (Å²) in [6.45, 7) is 8.00. The van der Waals surface area contributed by atoms with Gasteiger partial charge in [-0.2, -0.15) is 0 Å². The molecule has 1 N–H and O–H groups in total. The Kier molecular flexibility index (Phi) is 6.16. The van der Waals surface area contributed by atoms with Crippen molar-refractivity contribution >= 4 is 5.69 Å². The van der Waals surface area contributed by atoms with Gasteiger partial charge in [0.15, 0.2) is 0 Å². The maximum Gasteiger partial charge on any atom is 0.0602 e. The van der Waals surface area contributed by atoms with E-state index in [2.05, 4.69) is 46.2 Å². The molecule has 0 saturated heterocycles. The molecule has 0 amide bonds. The summed E-state index contributed by atoms with van der Waals surface area (Å²) in [5.41, 5.74) is 3.56. The summed E-state index contributed by atoms with van der Waals surface area (Å²) in [4.78, 5) is 11.0. The van der Waals surface area contributed by atoms with E-state index in [0.29, 0.717) is 0 Å². The summed E-state index contributed by atoms with van der Waals surface area (Å²) in [6, 6.07) is 8.15. The molecule has 0 bridgehead atoms. The quantitative estimate of drug-likeness (QED) is 0.757. The number of hydrogen-bond acceptors (Lipinski definition) is 4. The first-order valence-electron chi connectivity index (χ1n) is 7.63. The fraction of sp³-hybridized carbons (Fsp3) is 0.412. The summed E-state index contributed by atoms with van der Waals surface area (Å²) in [5.74, 6) is 0. The fourth-order valence-corrected chi connectivity index (χ4v) is 2.32. The molecule has 0 aliphatic carbocycles. The zero-order valence-electron chi connectivity index (χ0n) is 12.9. The van der Waals surface area contributed by atoms with Crippen molar-refractivity contribution in [2.24, 2.45) is 0 Å². The Balaban J connectivity index is 2.13. The Morgan fingerprint density at radius 3 is 2.76 bits per heavy atom. The van der Waals surface area contributed by atoms with E-state index in [1.165, 1.54) is 11.3 Å². The molecule has 112 valence electrons. The summed E-state index contributed by atoms with van der Waals surface area (Å²) < 4.78 is 0. The molecule has 4 nitrogen and oxygen atoms in total. The van der Waals surface area contributed by atoms with Crippen molar-refractivity contribution in [3.63, 3.8) is 0 Å². The molecule has 0 aliphatic rings. The van der Waals surface area contributed by atoms with Crippen LogP contribution in [0.25, 0.3) is 0 Å². The highest BCUT2D eigenvalue weighted by atomic mass is 15.1. The van der Waals surface area contributed by atoms with E-state index in [0.717, 1.165) is 38.3 Å². The molecule has 0 atom stereocenters. The van der Waals surface area contributed by atoms with Gasteiger partial charge in [0.1, 0.15) is 0 Å². The van der Waals surface area contributed by atoms with Crippen LogP contribution in [0, 0.1) is 0 Å². The Morgan fingerprint density at radius 1 is 1.14 bits per heavy atom. The van der Waals surface area contributed by atoms with Gasteiger partial charge >= 0.3 is 0 Å². The molecule has 2 aromatic heterocycles. The van der Waals surface area contributed by atoms with Crippen LogP contribution in [-0.4, -0.2) is 23.1 Å². The first-order valence-corrected chi connectivity index (χ1v) is 7.63. The van der Waals surface area contributed by atoms with Crippen molar-refractivity contribution in [2.45, 2.75) is 33.4 Å². The maximum atomic E-state index is 4.42. The number of nitrogens with zero attached hydrogens (tertiary/aromatic N) is 3. The van der Waals surface area contributed by atoms with Crippen molar-refractivity contribution in [3.8, 4) is 0 Å². The lowest BCUT2D eigenvalue weighted by Gasteiger charge is -2.25. The average Bonchev–Trinajstić information content (AvgIpc) is 2.54. The molecule has 2 aromatic rings. The minimum Gasteiger partial charge on any atom is -0.366 e. The lowest BCUT2D eigenvalue weighted by atomic mass is 10.2. The van der Waals surface area contributed by atoms with Crippen LogP contribution >= 0.6 is 0 Å².